The first-order valence-electron chi connectivity index (χ1n) is 9.26. The van der Waals surface area contributed by atoms with Gasteiger partial charge in [0.05, 0.1) is 17.6 Å². The lowest BCUT2D eigenvalue weighted by molar-refractivity contribution is 0.0702. The van der Waals surface area contributed by atoms with Gasteiger partial charge in [-0.25, -0.2) is 4.98 Å². The number of carbonyl (C=O) groups excluding carboxylic acids is 1. The van der Waals surface area contributed by atoms with Crippen LogP contribution < -0.4 is 0 Å². The van der Waals surface area contributed by atoms with Crippen LogP contribution in [0.4, 0.5) is 0 Å². The van der Waals surface area contributed by atoms with Crippen LogP contribution in [0, 0.1) is 0 Å². The zero-order valence-electron chi connectivity index (χ0n) is 15.4. The summed E-state index contributed by atoms with van der Waals surface area (Å²) in [6.07, 6.45) is 9.13. The van der Waals surface area contributed by atoms with Gasteiger partial charge in [0.25, 0.3) is 5.91 Å². The Morgan fingerprint density at radius 1 is 1.19 bits per heavy atom. The van der Waals surface area contributed by atoms with Crippen molar-refractivity contribution < 1.29 is 9.53 Å². The third kappa shape index (κ3) is 3.68. The van der Waals surface area contributed by atoms with E-state index in [0.717, 1.165) is 42.8 Å². The van der Waals surface area contributed by atoms with Gasteiger partial charge in [0.1, 0.15) is 5.82 Å². The van der Waals surface area contributed by atoms with Crippen LogP contribution in [0.1, 0.15) is 34.9 Å². The molecule has 140 valence electrons. The zero-order valence-corrected chi connectivity index (χ0v) is 15.4. The SMILES string of the molecule is COCCn1ccnc1[C@H]1CCCN(C(=O)c2ccc3nccnc3c2)C1. The fourth-order valence-electron chi connectivity index (χ4n) is 3.71. The van der Waals surface area contributed by atoms with E-state index in [0.29, 0.717) is 18.7 Å². The summed E-state index contributed by atoms with van der Waals surface area (Å²) in [6.45, 7) is 2.88. The van der Waals surface area contributed by atoms with Crippen LogP contribution in [-0.2, 0) is 11.3 Å². The lowest BCUT2D eigenvalue weighted by atomic mass is 9.96. The van der Waals surface area contributed by atoms with Crippen molar-refractivity contribution in [3.8, 4) is 0 Å². The highest BCUT2D eigenvalue weighted by molar-refractivity contribution is 5.97. The first kappa shape index (κ1) is 17.6. The molecule has 1 saturated heterocycles. The summed E-state index contributed by atoms with van der Waals surface area (Å²) in [6, 6.07) is 5.52. The number of ether oxygens (including phenoxy) is 1. The molecule has 1 fully saturated rings. The molecule has 0 radical (unpaired) electrons. The Balaban J connectivity index is 1.52. The molecule has 4 rings (SSSR count). The summed E-state index contributed by atoms with van der Waals surface area (Å²) in [4.78, 5) is 28.1. The van der Waals surface area contributed by atoms with E-state index < -0.39 is 0 Å². The van der Waals surface area contributed by atoms with Gasteiger partial charge in [0.2, 0.25) is 0 Å². The molecular formula is C20H23N5O2. The summed E-state index contributed by atoms with van der Waals surface area (Å²) >= 11 is 0. The molecule has 7 heteroatoms. The van der Waals surface area contributed by atoms with Crippen molar-refractivity contribution in [2.45, 2.75) is 25.3 Å². The third-order valence-corrected chi connectivity index (χ3v) is 5.07. The fraction of sp³-hybridized carbons (Fsp3) is 0.400. The molecule has 3 aromatic rings. The lowest BCUT2D eigenvalue weighted by Crippen LogP contribution is -2.39. The average molecular weight is 365 g/mol. The van der Waals surface area contributed by atoms with Crippen molar-refractivity contribution in [3.05, 3.63) is 54.4 Å². The average Bonchev–Trinajstić information content (AvgIpc) is 3.20. The Labute approximate surface area is 158 Å². The predicted molar refractivity (Wildman–Crippen MR) is 102 cm³/mol. The molecule has 0 aliphatic carbocycles. The topological polar surface area (TPSA) is 73.1 Å². The van der Waals surface area contributed by atoms with Crippen LogP contribution in [0.5, 0.6) is 0 Å². The predicted octanol–water partition coefficient (Wildman–Crippen LogP) is 2.49. The first-order valence-corrected chi connectivity index (χ1v) is 9.26. The molecule has 7 nitrogen and oxygen atoms in total. The summed E-state index contributed by atoms with van der Waals surface area (Å²) in [7, 11) is 1.70. The van der Waals surface area contributed by atoms with E-state index in [2.05, 4.69) is 19.5 Å². The Morgan fingerprint density at radius 3 is 2.89 bits per heavy atom. The molecule has 0 saturated carbocycles. The molecule has 1 atom stereocenters. The number of hydrogen-bond acceptors (Lipinski definition) is 5. The number of methoxy groups -OCH3 is 1. The van der Waals surface area contributed by atoms with E-state index in [1.807, 2.05) is 35.5 Å². The quantitative estimate of drug-likeness (QED) is 0.695. The van der Waals surface area contributed by atoms with E-state index in [4.69, 9.17) is 4.74 Å². The highest BCUT2D eigenvalue weighted by atomic mass is 16.5. The van der Waals surface area contributed by atoms with Gasteiger partial charge in [-0.1, -0.05) is 0 Å². The van der Waals surface area contributed by atoms with Crippen LogP contribution in [0.2, 0.25) is 0 Å². The van der Waals surface area contributed by atoms with Crippen LogP contribution in [-0.4, -0.2) is 57.1 Å². The van der Waals surface area contributed by atoms with Crippen molar-refractivity contribution in [1.29, 1.82) is 0 Å². The van der Waals surface area contributed by atoms with Gasteiger partial charge in [-0.05, 0) is 31.0 Å². The fourth-order valence-corrected chi connectivity index (χ4v) is 3.71. The van der Waals surface area contributed by atoms with Crippen molar-refractivity contribution >= 4 is 16.9 Å². The molecule has 0 spiro atoms. The van der Waals surface area contributed by atoms with Gasteiger partial charge < -0.3 is 14.2 Å². The van der Waals surface area contributed by atoms with Gasteiger partial charge in [0, 0.05) is 63.0 Å². The maximum Gasteiger partial charge on any atom is 0.253 e. The molecule has 0 N–H and O–H groups in total. The Kier molecular flexibility index (Phi) is 5.11. The number of rotatable bonds is 5. The van der Waals surface area contributed by atoms with Crippen LogP contribution in [0.3, 0.4) is 0 Å². The van der Waals surface area contributed by atoms with Crippen LogP contribution in [0.15, 0.2) is 43.0 Å². The van der Waals surface area contributed by atoms with Gasteiger partial charge in [0.15, 0.2) is 0 Å². The third-order valence-electron chi connectivity index (χ3n) is 5.07. The first-order chi connectivity index (χ1) is 13.3. The maximum absolute atomic E-state index is 13.0. The van der Waals surface area contributed by atoms with Crippen LogP contribution >= 0.6 is 0 Å². The van der Waals surface area contributed by atoms with Crippen molar-refractivity contribution in [2.24, 2.45) is 0 Å². The van der Waals surface area contributed by atoms with Gasteiger partial charge in [-0.15, -0.1) is 0 Å². The van der Waals surface area contributed by atoms with Gasteiger partial charge in [-0.3, -0.25) is 14.8 Å². The largest absolute Gasteiger partial charge is 0.383 e. The number of carbonyl (C=O) groups is 1. The van der Waals surface area contributed by atoms with E-state index in [9.17, 15) is 4.79 Å². The smallest absolute Gasteiger partial charge is 0.253 e. The van der Waals surface area contributed by atoms with Crippen molar-refractivity contribution in [3.63, 3.8) is 0 Å². The van der Waals surface area contributed by atoms with Crippen molar-refractivity contribution in [2.75, 3.05) is 26.8 Å². The Hall–Kier alpha value is -2.80. The molecule has 0 bridgehead atoms. The summed E-state index contributed by atoms with van der Waals surface area (Å²) < 4.78 is 7.32. The molecule has 3 heterocycles. The second kappa shape index (κ2) is 7.84. The Morgan fingerprint density at radius 2 is 2.04 bits per heavy atom. The molecule has 1 aliphatic heterocycles. The molecule has 0 unspecified atom stereocenters. The highest BCUT2D eigenvalue weighted by Crippen LogP contribution is 2.27. The second-order valence-corrected chi connectivity index (χ2v) is 6.82. The monoisotopic (exact) mass is 365 g/mol. The molecular weight excluding hydrogens is 342 g/mol. The molecule has 1 aliphatic rings. The van der Waals surface area contributed by atoms with E-state index in [1.54, 1.807) is 19.5 Å². The number of fused-ring (bicyclic) bond motifs is 1. The van der Waals surface area contributed by atoms with Crippen molar-refractivity contribution in [1.82, 2.24) is 24.4 Å². The summed E-state index contributed by atoms with van der Waals surface area (Å²) in [5, 5.41) is 0. The number of benzene rings is 1. The normalized spacial score (nSPS) is 17.4. The molecule has 1 amide bonds. The maximum atomic E-state index is 13.0. The number of aromatic nitrogens is 4. The van der Waals surface area contributed by atoms with Gasteiger partial charge in [-0.2, -0.15) is 0 Å². The van der Waals surface area contributed by atoms with E-state index in [1.165, 1.54) is 0 Å². The standard InChI is InChI=1S/C20H23N5O2/c1-27-12-11-24-10-8-23-19(24)16-3-2-9-25(14-16)20(26)15-4-5-17-18(13-15)22-7-6-21-17/h4-8,10,13,16H,2-3,9,11-12,14H2,1H3/t16-/m0/s1. The number of hydrogen-bond donors (Lipinski definition) is 0. The number of nitrogens with zero attached hydrogens (tertiary/aromatic N) is 5. The minimum absolute atomic E-state index is 0.0438. The minimum Gasteiger partial charge on any atom is -0.383 e. The number of imidazole rings is 1. The van der Waals surface area contributed by atoms with Gasteiger partial charge >= 0.3 is 0 Å². The van der Waals surface area contributed by atoms with Crippen LogP contribution in [0.25, 0.3) is 11.0 Å². The molecule has 2 aromatic heterocycles. The summed E-state index contributed by atoms with van der Waals surface area (Å²) in [5.74, 6) is 1.32. The Bertz CT molecular complexity index is 939. The molecule has 27 heavy (non-hydrogen) atoms. The number of amides is 1. The summed E-state index contributed by atoms with van der Waals surface area (Å²) in [5.41, 5.74) is 2.20. The lowest BCUT2D eigenvalue weighted by Gasteiger charge is -2.32. The van der Waals surface area contributed by atoms with E-state index >= 15 is 0 Å². The van der Waals surface area contributed by atoms with E-state index in [-0.39, 0.29) is 11.8 Å². The number of likely N-dealkylation sites (tertiary alicyclic amines) is 1. The minimum atomic E-state index is 0.0438. The molecule has 1 aromatic carbocycles. The zero-order chi connectivity index (χ0) is 18.6. The number of piperidine rings is 1. The second-order valence-electron chi connectivity index (χ2n) is 6.82. The highest BCUT2D eigenvalue weighted by Gasteiger charge is 2.28.